The van der Waals surface area contributed by atoms with Gasteiger partial charge < -0.3 is 9.08 Å². The summed E-state index contributed by atoms with van der Waals surface area (Å²) < 4.78 is 64.3. The van der Waals surface area contributed by atoms with Crippen molar-refractivity contribution in [3.63, 3.8) is 0 Å². The molecular weight excluding hydrogens is 333 g/mol. The minimum absolute atomic E-state index is 0.113. The lowest BCUT2D eigenvalue weighted by Gasteiger charge is -2.35. The highest BCUT2D eigenvalue weighted by Gasteiger charge is 2.49. The predicted octanol–water partition coefficient (Wildman–Crippen LogP) is 2.90. The van der Waals surface area contributed by atoms with Gasteiger partial charge in [-0.3, -0.25) is 0 Å². The fraction of sp³-hybridized carbons (Fsp3) is 0.643. The first-order chi connectivity index (χ1) is 10.6. The van der Waals surface area contributed by atoms with Gasteiger partial charge in [-0.05, 0) is 39.3 Å². The van der Waals surface area contributed by atoms with E-state index in [2.05, 4.69) is 14.1 Å². The van der Waals surface area contributed by atoms with Crippen LogP contribution in [0.2, 0.25) is 0 Å². The van der Waals surface area contributed by atoms with Crippen molar-refractivity contribution in [1.82, 2.24) is 9.88 Å². The normalized spacial score (nSPS) is 20.7. The van der Waals surface area contributed by atoms with E-state index in [1.54, 1.807) is 12.1 Å². The molecule has 0 bridgehead atoms. The van der Waals surface area contributed by atoms with Crippen LogP contribution in [0.5, 0.6) is 5.88 Å². The molecule has 2 rings (SSSR count). The summed E-state index contributed by atoms with van der Waals surface area (Å²) in [4.78, 5) is 5.90. The van der Waals surface area contributed by atoms with Gasteiger partial charge in [0.25, 0.3) is 0 Å². The molecule has 1 aromatic rings. The van der Waals surface area contributed by atoms with Crippen LogP contribution in [-0.4, -0.2) is 42.9 Å². The maximum atomic E-state index is 12.5. The molecule has 0 aromatic carbocycles. The molecule has 0 N–H and O–H groups in total. The third-order valence-corrected chi connectivity index (χ3v) is 4.84. The molecule has 1 saturated heterocycles. The molecule has 0 unspecified atom stereocenters. The Hall–Kier alpha value is -1.35. The Morgan fingerprint density at radius 3 is 2.70 bits per heavy atom. The summed E-state index contributed by atoms with van der Waals surface area (Å²) in [5.74, 6) is -0.598. The van der Waals surface area contributed by atoms with Crippen molar-refractivity contribution in [2.75, 3.05) is 13.1 Å². The Labute approximate surface area is 133 Å². The zero-order valence-corrected chi connectivity index (χ0v) is 13.7. The molecule has 0 radical (unpaired) electrons. The average molecular weight is 352 g/mol. The maximum Gasteiger partial charge on any atom is 0.534 e. The Kier molecular flexibility index (Phi) is 5.20. The third kappa shape index (κ3) is 4.14. The molecule has 1 fully saturated rings. The summed E-state index contributed by atoms with van der Waals surface area (Å²) in [5, 5.41) is 0. The summed E-state index contributed by atoms with van der Waals surface area (Å²) in [6.45, 7) is 5.62. The Balaban J connectivity index is 2.28. The zero-order chi connectivity index (χ0) is 17.3. The van der Waals surface area contributed by atoms with Gasteiger partial charge >= 0.3 is 15.6 Å². The summed E-state index contributed by atoms with van der Waals surface area (Å²) in [7, 11) is -5.72. The van der Waals surface area contributed by atoms with E-state index >= 15 is 0 Å². The van der Waals surface area contributed by atoms with Crippen LogP contribution in [0.15, 0.2) is 18.3 Å². The van der Waals surface area contributed by atoms with Crippen LogP contribution in [0.25, 0.3) is 0 Å². The Morgan fingerprint density at radius 2 is 2.09 bits per heavy atom. The minimum atomic E-state index is -5.72. The standard InChI is InChI=1S/C14H19F3N2O3S/c1-10(2)19-8-4-5-11(9-19)12-6-3-7-18-13(12)22-23(20,21)14(15,16)17/h3,6-7,10-11H,4-5,8-9H2,1-2H3/t11-/m1/s1. The Bertz CT molecular complexity index is 647. The topological polar surface area (TPSA) is 59.5 Å². The second-order valence-electron chi connectivity index (χ2n) is 5.81. The largest absolute Gasteiger partial charge is 0.534 e. The molecule has 1 aromatic heterocycles. The van der Waals surface area contributed by atoms with Gasteiger partial charge in [0.15, 0.2) is 0 Å². The fourth-order valence-corrected chi connectivity index (χ4v) is 3.11. The number of hydrogen-bond acceptors (Lipinski definition) is 5. The molecular formula is C14H19F3N2O3S. The number of pyridine rings is 1. The number of likely N-dealkylation sites (tertiary alicyclic amines) is 1. The van der Waals surface area contributed by atoms with Gasteiger partial charge in [0, 0.05) is 30.3 Å². The quantitative estimate of drug-likeness (QED) is 0.616. The van der Waals surface area contributed by atoms with Crippen LogP contribution in [0.1, 0.15) is 38.2 Å². The number of halogens is 3. The Morgan fingerprint density at radius 1 is 1.39 bits per heavy atom. The lowest BCUT2D eigenvalue weighted by molar-refractivity contribution is -0.0501. The lowest BCUT2D eigenvalue weighted by Crippen LogP contribution is -2.39. The van der Waals surface area contributed by atoms with Crippen molar-refractivity contribution in [3.05, 3.63) is 23.9 Å². The highest BCUT2D eigenvalue weighted by Crippen LogP contribution is 2.35. The van der Waals surface area contributed by atoms with E-state index in [1.165, 1.54) is 6.20 Å². The zero-order valence-electron chi connectivity index (χ0n) is 12.9. The van der Waals surface area contributed by atoms with E-state index < -0.39 is 21.5 Å². The molecule has 1 aliphatic heterocycles. The molecule has 0 amide bonds. The van der Waals surface area contributed by atoms with Gasteiger partial charge in [0.05, 0.1) is 0 Å². The number of aromatic nitrogens is 1. The molecule has 5 nitrogen and oxygen atoms in total. The van der Waals surface area contributed by atoms with Crippen molar-refractivity contribution in [1.29, 1.82) is 0 Å². The first kappa shape index (κ1) is 18.0. The van der Waals surface area contributed by atoms with Crippen molar-refractivity contribution >= 4 is 10.1 Å². The van der Waals surface area contributed by atoms with Gasteiger partial charge in [-0.15, -0.1) is 0 Å². The van der Waals surface area contributed by atoms with Crippen molar-refractivity contribution in [2.45, 2.75) is 44.2 Å². The molecule has 1 atom stereocenters. The summed E-state index contributed by atoms with van der Waals surface area (Å²) >= 11 is 0. The van der Waals surface area contributed by atoms with Gasteiger partial charge in [-0.2, -0.15) is 21.6 Å². The second-order valence-corrected chi connectivity index (χ2v) is 7.35. The smallest absolute Gasteiger partial charge is 0.355 e. The molecule has 2 heterocycles. The number of nitrogens with zero attached hydrogens (tertiary/aromatic N) is 2. The average Bonchev–Trinajstić information content (AvgIpc) is 2.46. The first-order valence-corrected chi connectivity index (χ1v) is 8.72. The molecule has 0 spiro atoms. The van der Waals surface area contributed by atoms with E-state index in [-0.39, 0.29) is 5.92 Å². The van der Waals surface area contributed by atoms with Crippen LogP contribution in [0.4, 0.5) is 13.2 Å². The molecule has 23 heavy (non-hydrogen) atoms. The monoisotopic (exact) mass is 352 g/mol. The summed E-state index contributed by atoms with van der Waals surface area (Å²) in [6.07, 6.45) is 2.84. The van der Waals surface area contributed by atoms with Crippen molar-refractivity contribution in [3.8, 4) is 5.88 Å². The van der Waals surface area contributed by atoms with Crippen LogP contribution < -0.4 is 4.18 Å². The first-order valence-electron chi connectivity index (χ1n) is 7.31. The predicted molar refractivity (Wildman–Crippen MR) is 78.5 cm³/mol. The summed E-state index contributed by atoms with van der Waals surface area (Å²) in [6, 6.07) is 3.44. The minimum Gasteiger partial charge on any atom is -0.355 e. The SMILES string of the molecule is CC(C)N1CCC[C@@H](c2cccnc2OS(=O)(=O)C(F)(F)F)C1. The lowest BCUT2D eigenvalue weighted by atomic mass is 9.90. The maximum absolute atomic E-state index is 12.5. The van der Waals surface area contributed by atoms with E-state index in [9.17, 15) is 21.6 Å². The van der Waals surface area contributed by atoms with Gasteiger partial charge in [0.2, 0.25) is 5.88 Å². The molecule has 0 saturated carbocycles. The number of piperidine rings is 1. The molecule has 0 aliphatic carbocycles. The van der Waals surface area contributed by atoms with Crippen LogP contribution >= 0.6 is 0 Å². The molecule has 1 aliphatic rings. The van der Waals surface area contributed by atoms with E-state index in [4.69, 9.17) is 0 Å². The van der Waals surface area contributed by atoms with Gasteiger partial charge in [-0.25, -0.2) is 4.98 Å². The van der Waals surface area contributed by atoms with E-state index in [0.717, 1.165) is 19.4 Å². The summed E-state index contributed by atoms with van der Waals surface area (Å²) in [5.41, 5.74) is -5.08. The third-order valence-electron chi connectivity index (χ3n) is 3.90. The highest BCUT2D eigenvalue weighted by atomic mass is 32.2. The van der Waals surface area contributed by atoms with Crippen molar-refractivity contribution in [2.24, 2.45) is 0 Å². The fourth-order valence-electron chi connectivity index (χ4n) is 2.66. The van der Waals surface area contributed by atoms with Crippen LogP contribution in [0, 0.1) is 0 Å². The van der Waals surface area contributed by atoms with E-state index in [0.29, 0.717) is 18.2 Å². The highest BCUT2D eigenvalue weighted by molar-refractivity contribution is 7.87. The van der Waals surface area contributed by atoms with Gasteiger partial charge in [0.1, 0.15) is 0 Å². The van der Waals surface area contributed by atoms with Crippen LogP contribution in [-0.2, 0) is 10.1 Å². The second kappa shape index (κ2) is 6.64. The number of alkyl halides is 3. The van der Waals surface area contributed by atoms with E-state index in [1.807, 2.05) is 13.8 Å². The van der Waals surface area contributed by atoms with Crippen molar-refractivity contribution < 1.29 is 25.8 Å². The van der Waals surface area contributed by atoms with Crippen LogP contribution in [0.3, 0.4) is 0 Å². The number of rotatable bonds is 4. The van der Waals surface area contributed by atoms with Gasteiger partial charge in [-0.1, -0.05) is 6.07 Å². The molecule has 9 heteroatoms. The molecule has 130 valence electrons. The number of hydrogen-bond donors (Lipinski definition) is 0.